The van der Waals surface area contributed by atoms with Crippen molar-refractivity contribution in [2.75, 3.05) is 19.6 Å². The lowest BCUT2D eigenvalue weighted by Gasteiger charge is -2.72. The van der Waals surface area contributed by atoms with Gasteiger partial charge in [-0.05, 0) is 133 Å². The number of hydrogen-bond donors (Lipinski definition) is 5. The molecule has 1 aromatic carbocycles. The Kier molecular flexibility index (Phi) is 11.5. The Morgan fingerprint density at radius 3 is 2.20 bits per heavy atom. The molecule has 0 bridgehead atoms. The summed E-state index contributed by atoms with van der Waals surface area (Å²) < 4.78 is 15.4. The van der Waals surface area contributed by atoms with E-state index in [4.69, 9.17) is 23.4 Å². The summed E-state index contributed by atoms with van der Waals surface area (Å²) in [6.07, 6.45) is 6.85. The summed E-state index contributed by atoms with van der Waals surface area (Å²) in [4.78, 5) is 52.7. The molecular formula is C49H72ClN3O7. The zero-order chi connectivity index (χ0) is 44.9. The molecule has 5 saturated carbocycles. The highest BCUT2D eigenvalue weighted by Crippen LogP contribution is 2.77. The van der Waals surface area contributed by atoms with E-state index in [0.29, 0.717) is 35.3 Å². The number of halogens is 1. The van der Waals surface area contributed by atoms with E-state index in [2.05, 4.69) is 59.1 Å². The Bertz CT molecular complexity index is 1970. The van der Waals surface area contributed by atoms with Crippen LogP contribution >= 0.6 is 11.6 Å². The van der Waals surface area contributed by atoms with Crippen LogP contribution in [0.15, 0.2) is 35.4 Å². The maximum Gasteiger partial charge on any atom is 0.309 e. The maximum atomic E-state index is 14.2. The van der Waals surface area contributed by atoms with E-state index in [1.807, 2.05) is 13.8 Å². The number of carboxylic acids is 1. The number of aliphatic hydroxyl groups is 1. The van der Waals surface area contributed by atoms with Gasteiger partial charge in [0.25, 0.3) is 5.91 Å². The third-order valence-corrected chi connectivity index (χ3v) is 18.7. The minimum Gasteiger partial charge on any atom is -0.481 e. The van der Waals surface area contributed by atoms with E-state index in [9.17, 15) is 29.4 Å². The van der Waals surface area contributed by atoms with E-state index in [0.717, 1.165) is 50.5 Å². The fraction of sp³-hybridized carbons (Fsp3) is 0.755. The molecule has 7 rings (SSSR count). The molecule has 0 spiro atoms. The smallest absolute Gasteiger partial charge is 0.309 e. The van der Waals surface area contributed by atoms with Gasteiger partial charge >= 0.3 is 11.9 Å². The van der Waals surface area contributed by atoms with Gasteiger partial charge in [-0.25, -0.2) is 0 Å². The van der Waals surface area contributed by atoms with Gasteiger partial charge in [0.15, 0.2) is 5.78 Å². The van der Waals surface area contributed by atoms with Crippen LogP contribution in [0.2, 0.25) is 5.02 Å². The third-order valence-electron chi connectivity index (χ3n) is 18.5. The van der Waals surface area contributed by atoms with Crippen LogP contribution in [0.1, 0.15) is 138 Å². The molecule has 10 nitrogen and oxygen atoms in total. The monoisotopic (exact) mass is 851 g/mol. The summed E-state index contributed by atoms with van der Waals surface area (Å²) in [5.41, 5.74) is 6.78. The second-order valence-corrected chi connectivity index (χ2v) is 22.5. The molecule has 1 aromatic rings. The molecule has 0 heterocycles. The van der Waals surface area contributed by atoms with Crippen molar-refractivity contribution in [3.8, 4) is 0 Å². The Morgan fingerprint density at radius 1 is 0.900 bits per heavy atom. The normalized spacial score (nSPS) is 39.5. The molecule has 12 atom stereocenters. The largest absolute Gasteiger partial charge is 0.481 e. The number of amides is 1. The van der Waals surface area contributed by atoms with Gasteiger partial charge in [0.2, 0.25) is 0 Å². The van der Waals surface area contributed by atoms with Crippen LogP contribution < -0.4 is 16.4 Å². The van der Waals surface area contributed by atoms with E-state index < -0.39 is 46.7 Å². The van der Waals surface area contributed by atoms with Gasteiger partial charge in [0, 0.05) is 47.5 Å². The van der Waals surface area contributed by atoms with Crippen LogP contribution in [0.25, 0.3) is 0 Å². The summed E-state index contributed by atoms with van der Waals surface area (Å²) in [6, 6.07) is 4.92. The fourth-order valence-corrected chi connectivity index (χ4v) is 14.9. The van der Waals surface area contributed by atoms with Crippen molar-refractivity contribution < 1.29 is 35.5 Å². The van der Waals surface area contributed by atoms with Crippen molar-refractivity contribution >= 4 is 35.2 Å². The molecule has 11 heteroatoms. The molecule has 0 aromatic heterocycles. The number of aliphatic hydroxyl groups excluding tert-OH is 1. The Balaban J connectivity index is 1.09. The molecule has 6 N–H and O–H groups in total. The lowest BCUT2D eigenvalue weighted by atomic mass is 9.33. The van der Waals surface area contributed by atoms with Gasteiger partial charge in [-0.2, -0.15) is 0 Å². The zero-order valence-corrected chi connectivity index (χ0v) is 38.3. The third kappa shape index (κ3) is 6.91. The number of rotatable bonds is 12. The molecule has 1 unspecified atom stereocenters. The van der Waals surface area contributed by atoms with E-state index in [-0.39, 0.29) is 77.4 Å². The highest BCUT2D eigenvalue weighted by Gasteiger charge is 2.71. The number of hydrogen-bond acceptors (Lipinski definition) is 8. The van der Waals surface area contributed by atoms with E-state index >= 15 is 0 Å². The van der Waals surface area contributed by atoms with Gasteiger partial charge in [0.05, 0.1) is 25.3 Å². The number of nitrogens with two attached hydrogens (primary N) is 1. The van der Waals surface area contributed by atoms with Gasteiger partial charge in [-0.3, -0.25) is 19.2 Å². The molecule has 332 valence electrons. The molecule has 0 aliphatic heterocycles. The minimum absolute atomic E-state index is 0.0147. The maximum absolute atomic E-state index is 14.2. The second kappa shape index (κ2) is 15.8. The summed E-state index contributed by atoms with van der Waals surface area (Å²) in [5, 5.41) is 28.5. The zero-order valence-electron chi connectivity index (χ0n) is 38.5. The van der Waals surface area contributed by atoms with Crippen LogP contribution in [0, 0.1) is 68.0 Å². The number of carbonyl (C=O) groups is 4. The summed E-state index contributed by atoms with van der Waals surface area (Å²) >= 11 is 6.01. The summed E-state index contributed by atoms with van der Waals surface area (Å²) in [5.74, 6) is -1.40. The Hall–Kier alpha value is -2.79. The quantitative estimate of drug-likeness (QED) is 0.131. The molecule has 0 radical (unpaired) electrons. The first-order valence-electron chi connectivity index (χ1n) is 23.2. The molecule has 6 aliphatic carbocycles. The highest BCUT2D eigenvalue weighted by molar-refractivity contribution is 6.30. The SMILES string of the molecule is [2H]C(CN)(CNC[C@H](O)[C@@]12CC[C@]3(C)[C@H](CC[C@@H]4[C@@]5(C)CC[C@H](OC(=O)[C@H]6C[C@@H](C(=O)O)C6(C)C)C(C)(C)[C@@H]5CC[C@]43C)C1=C(C(C)C)C(=O)C2)NC(=O)c1ccc(Cl)cc1. The number of fused-ring (bicyclic) bond motifs is 7. The highest BCUT2D eigenvalue weighted by atomic mass is 35.5. The number of esters is 1. The van der Waals surface area contributed by atoms with Crippen LogP contribution in [-0.2, 0) is 19.1 Å². The van der Waals surface area contributed by atoms with Gasteiger partial charge in [-0.15, -0.1) is 0 Å². The molecule has 6 aliphatic rings. The lowest BCUT2D eigenvalue weighted by molar-refractivity contribution is -0.238. The van der Waals surface area contributed by atoms with Crippen molar-refractivity contribution in [3.63, 3.8) is 0 Å². The first kappa shape index (κ1) is 43.8. The number of aliphatic carboxylic acids is 1. The average Bonchev–Trinajstić information content (AvgIpc) is 3.49. The fourth-order valence-electron chi connectivity index (χ4n) is 14.8. The number of carbonyl (C=O) groups excluding carboxylic acids is 3. The van der Waals surface area contributed by atoms with Gasteiger partial charge in [-0.1, -0.05) is 79.5 Å². The van der Waals surface area contributed by atoms with Gasteiger partial charge in [0.1, 0.15) is 6.10 Å². The van der Waals surface area contributed by atoms with Crippen molar-refractivity contribution in [2.45, 2.75) is 145 Å². The van der Waals surface area contributed by atoms with E-state index in [1.165, 1.54) is 5.57 Å². The number of nitrogens with one attached hydrogen (secondary N) is 2. The molecule has 1 amide bonds. The Labute approximate surface area is 364 Å². The van der Waals surface area contributed by atoms with Crippen molar-refractivity contribution in [2.24, 2.45) is 73.7 Å². The summed E-state index contributed by atoms with van der Waals surface area (Å²) in [6.45, 7) is 20.1. The van der Waals surface area contributed by atoms with Crippen LogP contribution in [0.4, 0.5) is 0 Å². The summed E-state index contributed by atoms with van der Waals surface area (Å²) in [7, 11) is 0. The molecule has 5 fully saturated rings. The second-order valence-electron chi connectivity index (χ2n) is 22.1. The number of allylic oxidation sites excluding steroid dienone is 1. The van der Waals surface area contributed by atoms with Crippen LogP contribution in [0.3, 0.4) is 0 Å². The first-order chi connectivity index (χ1) is 28.3. The first-order valence-corrected chi connectivity index (χ1v) is 23.1. The van der Waals surface area contributed by atoms with E-state index in [1.54, 1.807) is 24.3 Å². The van der Waals surface area contributed by atoms with Crippen molar-refractivity contribution in [1.82, 2.24) is 10.6 Å². The molecular weight excluding hydrogens is 778 g/mol. The number of ketones is 1. The predicted octanol–water partition coefficient (Wildman–Crippen LogP) is 7.99. The number of ether oxygens (including phenoxy) is 1. The number of carboxylic acid groups (broad SMARTS) is 1. The molecule has 0 saturated heterocycles. The minimum atomic E-state index is -1.52. The van der Waals surface area contributed by atoms with Crippen LogP contribution in [0.5, 0.6) is 0 Å². The Morgan fingerprint density at radius 2 is 1.58 bits per heavy atom. The van der Waals surface area contributed by atoms with Crippen molar-refractivity contribution in [3.05, 3.63) is 46.0 Å². The average molecular weight is 852 g/mol. The topological polar surface area (TPSA) is 168 Å². The molecule has 60 heavy (non-hydrogen) atoms. The number of Topliss-reactive ketones (excluding diaryl/α,β-unsaturated/α-hetero) is 1. The number of benzene rings is 1. The standard InChI is InChI=1S/C49H72ClN3O7/c1-27(2)39-34(54)23-49(37(55)26-52-25-30(24-51)53-41(56)28-10-12-29(50)13-11-28)21-20-47(8)31(40(39)49)14-15-36-46(7)18-17-38(45(5,6)35(46)16-19-48(36,47)9)60-43(59)33-22-32(42(57)58)44(33,3)4/h10-13,27,30-33,35-38,52,55H,14-26,51H2,1-9H3,(H,53,56)(H,57,58)/t30?,31-,32+,33-,35+,36-,37+,38+,46+,47-,48-,49+/m1/s1/i30D. The van der Waals surface area contributed by atoms with Crippen molar-refractivity contribution in [1.29, 1.82) is 0 Å². The predicted molar refractivity (Wildman–Crippen MR) is 233 cm³/mol. The van der Waals surface area contributed by atoms with Crippen LogP contribution in [-0.4, -0.2) is 71.7 Å². The lowest BCUT2D eigenvalue weighted by Crippen LogP contribution is -2.66. The van der Waals surface area contributed by atoms with Gasteiger partial charge < -0.3 is 31.3 Å².